The summed E-state index contributed by atoms with van der Waals surface area (Å²) in [4.78, 5) is 34.0. The topological polar surface area (TPSA) is 92.0 Å². The van der Waals surface area contributed by atoms with Crippen molar-refractivity contribution in [3.63, 3.8) is 0 Å². The summed E-state index contributed by atoms with van der Waals surface area (Å²) in [5.41, 5.74) is 1.33. The van der Waals surface area contributed by atoms with Gasteiger partial charge in [-0.25, -0.2) is 4.98 Å². The number of nitrogens with zero attached hydrogens (tertiary/aromatic N) is 3. The van der Waals surface area contributed by atoms with Gasteiger partial charge in [-0.3, -0.25) is 9.59 Å². The van der Waals surface area contributed by atoms with E-state index in [1.807, 2.05) is 6.92 Å². The van der Waals surface area contributed by atoms with Crippen LogP contribution in [0.5, 0.6) is 11.5 Å². The van der Waals surface area contributed by atoms with Crippen LogP contribution in [0.15, 0.2) is 17.1 Å². The molecule has 1 amide bonds. The van der Waals surface area contributed by atoms with Gasteiger partial charge in [-0.05, 0) is 13.8 Å². The second kappa shape index (κ2) is 8.11. The van der Waals surface area contributed by atoms with E-state index in [0.717, 1.165) is 9.71 Å². The van der Waals surface area contributed by atoms with Crippen LogP contribution in [-0.2, 0) is 16.1 Å². The Bertz CT molecular complexity index is 1130. The highest BCUT2D eigenvalue weighted by Crippen LogP contribution is 2.33. The van der Waals surface area contributed by atoms with Crippen LogP contribution in [0.4, 0.5) is 0 Å². The first-order chi connectivity index (χ1) is 13.4. The molecule has 28 heavy (non-hydrogen) atoms. The van der Waals surface area contributed by atoms with E-state index >= 15 is 0 Å². The van der Waals surface area contributed by atoms with Crippen molar-refractivity contribution in [3.05, 3.63) is 32.5 Å². The standard InChI is InChI=1S/C18H19N3O5S2/c1-9-16(27-10(2)19-9)17(23)20-18-21(8-15(22)26-5)11-6-12(24-3)13(25-4)7-14(11)28-18/h6-7H,8H2,1-5H3. The van der Waals surface area contributed by atoms with E-state index in [2.05, 4.69) is 9.98 Å². The molecule has 0 spiro atoms. The van der Waals surface area contributed by atoms with Gasteiger partial charge < -0.3 is 18.8 Å². The molecular formula is C18H19N3O5S2. The molecule has 2 heterocycles. The van der Waals surface area contributed by atoms with Gasteiger partial charge in [0.05, 0.1) is 42.2 Å². The highest BCUT2D eigenvalue weighted by atomic mass is 32.1. The average Bonchev–Trinajstić information content (AvgIpc) is 3.18. The molecular weight excluding hydrogens is 402 g/mol. The lowest BCUT2D eigenvalue weighted by atomic mass is 10.3. The molecule has 0 bridgehead atoms. The molecule has 0 aliphatic carbocycles. The molecule has 1 aromatic carbocycles. The van der Waals surface area contributed by atoms with Crippen LogP contribution in [0, 0.1) is 13.8 Å². The first-order valence-corrected chi connectivity index (χ1v) is 9.86. The number of carbonyl (C=O) groups excluding carboxylic acids is 2. The van der Waals surface area contributed by atoms with Crippen molar-refractivity contribution in [1.29, 1.82) is 0 Å². The molecule has 0 saturated carbocycles. The molecule has 0 aliphatic rings. The number of aromatic nitrogens is 2. The third-order valence-corrected chi connectivity index (χ3v) is 6.10. The van der Waals surface area contributed by atoms with E-state index in [1.54, 1.807) is 30.7 Å². The molecule has 3 aromatic rings. The number of methoxy groups -OCH3 is 3. The maximum absolute atomic E-state index is 12.7. The summed E-state index contributed by atoms with van der Waals surface area (Å²) >= 11 is 2.57. The van der Waals surface area contributed by atoms with Gasteiger partial charge in [0, 0.05) is 12.1 Å². The van der Waals surface area contributed by atoms with E-state index in [1.165, 1.54) is 36.9 Å². The zero-order valence-corrected chi connectivity index (χ0v) is 17.7. The first kappa shape index (κ1) is 20.0. The Morgan fingerprint density at radius 3 is 2.36 bits per heavy atom. The van der Waals surface area contributed by atoms with E-state index in [9.17, 15) is 9.59 Å². The molecule has 0 fully saturated rings. The zero-order chi connectivity index (χ0) is 20.4. The Morgan fingerprint density at radius 2 is 1.79 bits per heavy atom. The second-order valence-corrected chi connectivity index (χ2v) is 8.00. The number of ether oxygens (including phenoxy) is 3. The van der Waals surface area contributed by atoms with Gasteiger partial charge in [-0.2, -0.15) is 4.99 Å². The van der Waals surface area contributed by atoms with E-state index in [-0.39, 0.29) is 6.54 Å². The number of hydrogen-bond acceptors (Lipinski definition) is 8. The summed E-state index contributed by atoms with van der Waals surface area (Å²) in [7, 11) is 4.39. The number of thiazole rings is 2. The van der Waals surface area contributed by atoms with E-state index in [0.29, 0.717) is 32.4 Å². The number of aryl methyl sites for hydroxylation is 2. The van der Waals surface area contributed by atoms with Crippen molar-refractivity contribution in [1.82, 2.24) is 9.55 Å². The molecule has 148 valence electrons. The number of carbonyl (C=O) groups is 2. The number of fused-ring (bicyclic) bond motifs is 1. The maximum atomic E-state index is 12.7. The smallest absolute Gasteiger partial charge is 0.325 e. The van der Waals surface area contributed by atoms with Gasteiger partial charge in [0.2, 0.25) is 0 Å². The fourth-order valence-electron chi connectivity index (χ4n) is 2.70. The lowest BCUT2D eigenvalue weighted by Gasteiger charge is -2.09. The van der Waals surface area contributed by atoms with Crippen molar-refractivity contribution >= 4 is 44.8 Å². The lowest BCUT2D eigenvalue weighted by molar-refractivity contribution is -0.141. The molecule has 0 aliphatic heterocycles. The molecule has 2 aromatic heterocycles. The predicted molar refractivity (Wildman–Crippen MR) is 106 cm³/mol. The van der Waals surface area contributed by atoms with Crippen molar-refractivity contribution in [3.8, 4) is 11.5 Å². The minimum absolute atomic E-state index is 0.0845. The average molecular weight is 422 g/mol. The van der Waals surface area contributed by atoms with Crippen molar-refractivity contribution in [2.75, 3.05) is 21.3 Å². The van der Waals surface area contributed by atoms with Gasteiger partial charge in [0.25, 0.3) is 5.91 Å². The quantitative estimate of drug-likeness (QED) is 0.588. The van der Waals surface area contributed by atoms with Crippen molar-refractivity contribution in [2.24, 2.45) is 4.99 Å². The number of benzene rings is 1. The van der Waals surface area contributed by atoms with Crippen LogP contribution in [0.3, 0.4) is 0 Å². The summed E-state index contributed by atoms with van der Waals surface area (Å²) in [5.74, 6) is 0.215. The Labute approximate surface area is 169 Å². The molecule has 0 atom stereocenters. The Balaban J connectivity index is 2.22. The largest absolute Gasteiger partial charge is 0.493 e. The molecule has 0 radical (unpaired) electrons. The third kappa shape index (κ3) is 3.78. The summed E-state index contributed by atoms with van der Waals surface area (Å²) in [6, 6.07) is 3.54. The number of amides is 1. The molecule has 10 heteroatoms. The summed E-state index contributed by atoms with van der Waals surface area (Å²) in [6.07, 6.45) is 0. The van der Waals surface area contributed by atoms with Crippen LogP contribution in [0.25, 0.3) is 10.2 Å². The lowest BCUT2D eigenvalue weighted by Crippen LogP contribution is -2.22. The van der Waals surface area contributed by atoms with Crippen LogP contribution in [0.1, 0.15) is 20.4 Å². The Hall–Kier alpha value is -2.72. The molecule has 0 saturated heterocycles. The Morgan fingerprint density at radius 1 is 1.11 bits per heavy atom. The van der Waals surface area contributed by atoms with Crippen LogP contribution >= 0.6 is 22.7 Å². The number of esters is 1. The van der Waals surface area contributed by atoms with Gasteiger partial charge in [-0.15, -0.1) is 11.3 Å². The zero-order valence-electron chi connectivity index (χ0n) is 16.1. The van der Waals surface area contributed by atoms with Crippen LogP contribution in [-0.4, -0.2) is 42.8 Å². The molecule has 8 nitrogen and oxygen atoms in total. The fourth-order valence-corrected chi connectivity index (χ4v) is 4.54. The van der Waals surface area contributed by atoms with Gasteiger partial charge in [0.15, 0.2) is 16.3 Å². The predicted octanol–water partition coefficient (Wildman–Crippen LogP) is 2.71. The summed E-state index contributed by atoms with van der Waals surface area (Å²) < 4.78 is 17.9. The SMILES string of the molecule is COC(=O)Cn1c(=NC(=O)c2sc(C)nc2C)sc2cc(OC)c(OC)cc21. The normalized spacial score (nSPS) is 11.7. The number of rotatable bonds is 5. The van der Waals surface area contributed by atoms with Gasteiger partial charge >= 0.3 is 5.97 Å². The van der Waals surface area contributed by atoms with Crippen molar-refractivity contribution in [2.45, 2.75) is 20.4 Å². The first-order valence-electron chi connectivity index (χ1n) is 8.23. The number of hydrogen-bond donors (Lipinski definition) is 0. The summed E-state index contributed by atoms with van der Waals surface area (Å²) in [6.45, 7) is 3.53. The van der Waals surface area contributed by atoms with Crippen LogP contribution < -0.4 is 14.3 Å². The Kier molecular flexibility index (Phi) is 5.80. The second-order valence-electron chi connectivity index (χ2n) is 5.79. The van der Waals surface area contributed by atoms with Gasteiger partial charge in [0.1, 0.15) is 11.4 Å². The van der Waals surface area contributed by atoms with Crippen molar-refractivity contribution < 1.29 is 23.8 Å². The molecule has 3 rings (SSSR count). The maximum Gasteiger partial charge on any atom is 0.325 e. The highest BCUT2D eigenvalue weighted by molar-refractivity contribution is 7.16. The van der Waals surface area contributed by atoms with Crippen LogP contribution in [0.2, 0.25) is 0 Å². The highest BCUT2D eigenvalue weighted by Gasteiger charge is 2.17. The molecule has 0 unspecified atom stereocenters. The third-order valence-electron chi connectivity index (χ3n) is 4.00. The minimum atomic E-state index is -0.451. The fraction of sp³-hybridized carbons (Fsp3) is 0.333. The summed E-state index contributed by atoms with van der Waals surface area (Å²) in [5, 5.41) is 0.796. The van der Waals surface area contributed by atoms with E-state index < -0.39 is 11.9 Å². The van der Waals surface area contributed by atoms with Gasteiger partial charge in [-0.1, -0.05) is 11.3 Å². The minimum Gasteiger partial charge on any atom is -0.493 e. The van der Waals surface area contributed by atoms with E-state index in [4.69, 9.17) is 14.2 Å². The molecule has 0 N–H and O–H groups in total. The monoisotopic (exact) mass is 421 g/mol.